The molecule has 20 heavy (non-hydrogen) atoms. The molecule has 0 fully saturated rings. The first-order chi connectivity index (χ1) is 9.75. The molecule has 2 atom stereocenters. The van der Waals surface area contributed by atoms with Gasteiger partial charge in [0.2, 0.25) is 0 Å². The normalized spacial score (nSPS) is 20.6. The number of carbonyl (C=O) groups excluding carboxylic acids is 1. The van der Waals surface area contributed by atoms with Crippen LogP contribution in [0.2, 0.25) is 0 Å². The molecule has 2 N–H and O–H groups in total. The van der Waals surface area contributed by atoms with E-state index in [1.807, 2.05) is 54.6 Å². The van der Waals surface area contributed by atoms with Gasteiger partial charge in [0, 0.05) is 11.6 Å². The molecule has 1 unspecified atom stereocenters. The number of ketones is 1. The Morgan fingerprint density at radius 2 is 1.70 bits per heavy atom. The van der Waals surface area contributed by atoms with Gasteiger partial charge in [-0.2, -0.15) is 0 Å². The van der Waals surface area contributed by atoms with E-state index in [-0.39, 0.29) is 18.4 Å². The molecule has 0 saturated carbocycles. The number of hydrogen-bond donors (Lipinski definition) is 2. The maximum atomic E-state index is 12.1. The molecule has 102 valence electrons. The van der Waals surface area contributed by atoms with Crippen LogP contribution < -0.4 is 5.32 Å². The Labute approximate surface area is 118 Å². The van der Waals surface area contributed by atoms with Crippen molar-refractivity contribution in [3.8, 4) is 0 Å². The molecule has 3 rings (SSSR count). The average molecular weight is 267 g/mol. The van der Waals surface area contributed by atoms with Crippen molar-refractivity contribution in [1.82, 2.24) is 5.32 Å². The fourth-order valence-electron chi connectivity index (χ4n) is 2.74. The van der Waals surface area contributed by atoms with Gasteiger partial charge in [0.25, 0.3) is 0 Å². The van der Waals surface area contributed by atoms with Crippen LogP contribution in [0.3, 0.4) is 0 Å². The largest absolute Gasteiger partial charge is 0.388 e. The number of aliphatic hydroxyl groups is 1. The number of hydrogen-bond acceptors (Lipinski definition) is 3. The Kier molecular flexibility index (Phi) is 3.63. The van der Waals surface area contributed by atoms with Gasteiger partial charge >= 0.3 is 0 Å². The lowest BCUT2D eigenvalue weighted by molar-refractivity contribution is 0.0982. The number of aliphatic hydroxyl groups excluding tert-OH is 1. The lowest BCUT2D eigenvalue weighted by Gasteiger charge is -2.13. The number of benzene rings is 2. The molecule has 3 heteroatoms. The highest BCUT2D eigenvalue weighted by Gasteiger charge is 2.29. The lowest BCUT2D eigenvalue weighted by atomic mass is 10.1. The minimum atomic E-state index is -0.435. The molecule has 0 bridgehead atoms. The predicted molar refractivity (Wildman–Crippen MR) is 77.5 cm³/mol. The third-order valence-electron chi connectivity index (χ3n) is 3.79. The first kappa shape index (κ1) is 13.0. The number of rotatable bonds is 4. The van der Waals surface area contributed by atoms with Crippen LogP contribution in [0.15, 0.2) is 54.6 Å². The van der Waals surface area contributed by atoms with E-state index >= 15 is 0 Å². The molecule has 0 aromatic heterocycles. The van der Waals surface area contributed by atoms with E-state index in [1.54, 1.807) is 0 Å². The molecule has 0 spiro atoms. The van der Waals surface area contributed by atoms with E-state index in [0.29, 0.717) is 12.0 Å². The summed E-state index contributed by atoms with van der Waals surface area (Å²) in [6.45, 7) is 0.287. The Hall–Kier alpha value is -1.97. The van der Waals surface area contributed by atoms with Gasteiger partial charge in [0.1, 0.15) is 0 Å². The summed E-state index contributed by atoms with van der Waals surface area (Å²) < 4.78 is 0. The Bertz CT molecular complexity index is 609. The molecule has 0 radical (unpaired) electrons. The number of fused-ring (bicyclic) bond motifs is 1. The molecule has 0 amide bonds. The molecule has 0 heterocycles. The minimum absolute atomic E-state index is 0.0499. The Balaban J connectivity index is 1.67. The summed E-state index contributed by atoms with van der Waals surface area (Å²) in [6.07, 6.45) is 0.192. The molecule has 1 aliphatic carbocycles. The second-order valence-corrected chi connectivity index (χ2v) is 5.10. The standard InChI is InChI=1S/C17H17NO2/c19-16-10-15(13-8-4-5-9-14(13)16)18-11-17(20)12-6-2-1-3-7-12/h1-9,15-16,18-19H,10-11H2/t15-,16?/m0/s1. The van der Waals surface area contributed by atoms with E-state index in [4.69, 9.17) is 0 Å². The quantitative estimate of drug-likeness (QED) is 0.837. The van der Waals surface area contributed by atoms with Crippen LogP contribution in [0, 0.1) is 0 Å². The third-order valence-corrected chi connectivity index (χ3v) is 3.79. The number of nitrogens with one attached hydrogen (secondary N) is 1. The van der Waals surface area contributed by atoms with Gasteiger partial charge in [0.05, 0.1) is 12.6 Å². The lowest BCUT2D eigenvalue weighted by Crippen LogP contribution is -2.26. The maximum Gasteiger partial charge on any atom is 0.176 e. The van der Waals surface area contributed by atoms with Gasteiger partial charge < -0.3 is 10.4 Å². The first-order valence-corrected chi connectivity index (χ1v) is 6.84. The fraction of sp³-hybridized carbons (Fsp3) is 0.235. The van der Waals surface area contributed by atoms with Crippen LogP contribution in [0.5, 0.6) is 0 Å². The predicted octanol–water partition coefficient (Wildman–Crippen LogP) is 2.64. The van der Waals surface area contributed by atoms with Crippen LogP contribution in [-0.4, -0.2) is 17.4 Å². The second-order valence-electron chi connectivity index (χ2n) is 5.10. The Morgan fingerprint density at radius 3 is 2.45 bits per heavy atom. The summed E-state index contributed by atoms with van der Waals surface area (Å²) in [6, 6.07) is 17.2. The second kappa shape index (κ2) is 5.57. The van der Waals surface area contributed by atoms with Crippen molar-refractivity contribution in [2.75, 3.05) is 6.54 Å². The van der Waals surface area contributed by atoms with Gasteiger partial charge in [-0.25, -0.2) is 0 Å². The van der Waals surface area contributed by atoms with Crippen LogP contribution in [0.4, 0.5) is 0 Å². The van der Waals surface area contributed by atoms with Crippen molar-refractivity contribution < 1.29 is 9.90 Å². The van der Waals surface area contributed by atoms with Crippen LogP contribution in [-0.2, 0) is 0 Å². The maximum absolute atomic E-state index is 12.1. The fourth-order valence-corrected chi connectivity index (χ4v) is 2.74. The van der Waals surface area contributed by atoms with Gasteiger partial charge in [-0.05, 0) is 17.5 Å². The van der Waals surface area contributed by atoms with Crippen LogP contribution >= 0.6 is 0 Å². The monoisotopic (exact) mass is 267 g/mol. The van der Waals surface area contributed by atoms with Gasteiger partial charge in [-0.1, -0.05) is 54.6 Å². The highest BCUT2D eigenvalue weighted by molar-refractivity contribution is 5.97. The summed E-state index contributed by atoms with van der Waals surface area (Å²) >= 11 is 0. The zero-order valence-corrected chi connectivity index (χ0v) is 11.1. The van der Waals surface area contributed by atoms with Crippen LogP contribution in [0.1, 0.15) is 40.1 Å². The number of Topliss-reactive ketones (excluding diaryl/α,β-unsaturated/α-hetero) is 1. The molecule has 0 saturated heterocycles. The highest BCUT2D eigenvalue weighted by atomic mass is 16.3. The zero-order valence-electron chi connectivity index (χ0n) is 11.1. The van der Waals surface area contributed by atoms with Crippen molar-refractivity contribution in [3.63, 3.8) is 0 Å². The van der Waals surface area contributed by atoms with Gasteiger partial charge in [0.15, 0.2) is 5.78 Å². The van der Waals surface area contributed by atoms with Crippen molar-refractivity contribution in [1.29, 1.82) is 0 Å². The topological polar surface area (TPSA) is 49.3 Å². The third kappa shape index (κ3) is 2.50. The number of carbonyl (C=O) groups is 1. The molecule has 0 aliphatic heterocycles. The molecular formula is C17H17NO2. The zero-order chi connectivity index (χ0) is 13.9. The SMILES string of the molecule is O=C(CN[C@H]1CC(O)c2ccccc21)c1ccccc1. The first-order valence-electron chi connectivity index (χ1n) is 6.84. The van der Waals surface area contributed by atoms with Crippen molar-refractivity contribution >= 4 is 5.78 Å². The summed E-state index contributed by atoms with van der Waals surface area (Å²) in [4.78, 5) is 12.1. The summed E-state index contributed by atoms with van der Waals surface area (Å²) in [5.74, 6) is 0.0736. The van der Waals surface area contributed by atoms with Gasteiger partial charge in [-0.3, -0.25) is 4.79 Å². The molecule has 2 aromatic rings. The highest BCUT2D eigenvalue weighted by Crippen LogP contribution is 2.38. The summed E-state index contributed by atoms with van der Waals surface area (Å²) in [7, 11) is 0. The van der Waals surface area contributed by atoms with Gasteiger partial charge in [-0.15, -0.1) is 0 Å². The van der Waals surface area contributed by atoms with Crippen LogP contribution in [0.25, 0.3) is 0 Å². The molecule has 1 aliphatic rings. The van der Waals surface area contributed by atoms with E-state index in [1.165, 1.54) is 0 Å². The smallest absolute Gasteiger partial charge is 0.176 e. The van der Waals surface area contributed by atoms with E-state index in [2.05, 4.69) is 5.32 Å². The Morgan fingerprint density at radius 1 is 1.05 bits per heavy atom. The molecule has 3 nitrogen and oxygen atoms in total. The van der Waals surface area contributed by atoms with E-state index < -0.39 is 6.10 Å². The molecular weight excluding hydrogens is 250 g/mol. The van der Waals surface area contributed by atoms with Crippen molar-refractivity contribution in [3.05, 3.63) is 71.3 Å². The van der Waals surface area contributed by atoms with E-state index in [9.17, 15) is 9.90 Å². The van der Waals surface area contributed by atoms with E-state index in [0.717, 1.165) is 11.1 Å². The van der Waals surface area contributed by atoms with Crippen molar-refractivity contribution in [2.45, 2.75) is 18.6 Å². The summed E-state index contributed by atoms with van der Waals surface area (Å²) in [5, 5.41) is 13.3. The van der Waals surface area contributed by atoms with Crippen molar-refractivity contribution in [2.24, 2.45) is 0 Å². The average Bonchev–Trinajstić information content (AvgIpc) is 2.83. The molecule has 2 aromatic carbocycles. The summed E-state index contributed by atoms with van der Waals surface area (Å²) in [5.41, 5.74) is 2.78. The minimum Gasteiger partial charge on any atom is -0.388 e.